The largest absolute Gasteiger partial charge is 0.493 e. The number of ether oxygens (including phenoxy) is 3. The summed E-state index contributed by atoms with van der Waals surface area (Å²) in [5, 5.41) is 3.93. The van der Waals surface area contributed by atoms with Gasteiger partial charge in [0.05, 0.1) is 27.5 Å². The van der Waals surface area contributed by atoms with Gasteiger partial charge in [0.25, 0.3) is 5.91 Å². The SMILES string of the molecule is COc1cc(/C=N/NC(=O)c2ccncc2)cc(OC)c1OC.O.O. The number of methoxy groups -OCH3 is 3. The maximum absolute atomic E-state index is 11.9. The molecule has 9 nitrogen and oxygen atoms in total. The molecule has 0 bridgehead atoms. The molecule has 0 atom stereocenters. The predicted octanol–water partition coefficient (Wildman–Crippen LogP) is 0.222. The van der Waals surface area contributed by atoms with E-state index in [1.165, 1.54) is 39.9 Å². The minimum Gasteiger partial charge on any atom is -0.493 e. The number of nitrogens with zero attached hydrogens (tertiary/aromatic N) is 2. The number of hydrogen-bond donors (Lipinski definition) is 1. The van der Waals surface area contributed by atoms with Crippen molar-refractivity contribution >= 4 is 12.1 Å². The van der Waals surface area contributed by atoms with Crippen LogP contribution in [-0.4, -0.2) is 49.4 Å². The van der Waals surface area contributed by atoms with Gasteiger partial charge in [-0.15, -0.1) is 0 Å². The molecule has 136 valence electrons. The lowest BCUT2D eigenvalue weighted by atomic mass is 10.2. The van der Waals surface area contributed by atoms with Crippen molar-refractivity contribution in [3.05, 3.63) is 47.8 Å². The van der Waals surface area contributed by atoms with E-state index in [-0.39, 0.29) is 16.9 Å². The number of rotatable bonds is 6. The van der Waals surface area contributed by atoms with Crippen LogP contribution in [0.2, 0.25) is 0 Å². The van der Waals surface area contributed by atoms with Gasteiger partial charge in [-0.25, -0.2) is 5.43 Å². The minimum absolute atomic E-state index is 0. The van der Waals surface area contributed by atoms with E-state index in [1.54, 1.807) is 24.3 Å². The van der Waals surface area contributed by atoms with Gasteiger partial charge in [-0.3, -0.25) is 9.78 Å². The molecule has 0 unspecified atom stereocenters. The van der Waals surface area contributed by atoms with Crippen LogP contribution >= 0.6 is 0 Å². The predicted molar refractivity (Wildman–Crippen MR) is 92.6 cm³/mol. The zero-order chi connectivity index (χ0) is 16.7. The number of carbonyl (C=O) groups excluding carboxylic acids is 1. The first-order valence-electron chi connectivity index (χ1n) is 6.73. The Balaban J connectivity index is 0.00000288. The average molecular weight is 351 g/mol. The van der Waals surface area contributed by atoms with Gasteiger partial charge in [-0.05, 0) is 24.3 Å². The summed E-state index contributed by atoms with van der Waals surface area (Å²) in [4.78, 5) is 15.7. The molecule has 1 heterocycles. The Labute approximate surface area is 144 Å². The second-order valence-electron chi connectivity index (χ2n) is 4.39. The number of benzene rings is 1. The third-order valence-electron chi connectivity index (χ3n) is 3.01. The molecule has 2 rings (SSSR count). The summed E-state index contributed by atoms with van der Waals surface area (Å²) < 4.78 is 15.8. The molecular formula is C16H21N3O6. The average Bonchev–Trinajstić information content (AvgIpc) is 2.61. The van der Waals surface area contributed by atoms with Crippen molar-refractivity contribution in [2.45, 2.75) is 0 Å². The van der Waals surface area contributed by atoms with Gasteiger partial charge in [-0.2, -0.15) is 5.10 Å². The summed E-state index contributed by atoms with van der Waals surface area (Å²) in [6.07, 6.45) is 4.57. The highest BCUT2D eigenvalue weighted by Gasteiger charge is 2.12. The Morgan fingerprint density at radius 2 is 1.60 bits per heavy atom. The van der Waals surface area contributed by atoms with Gasteiger partial charge in [0.2, 0.25) is 5.75 Å². The van der Waals surface area contributed by atoms with E-state index < -0.39 is 0 Å². The molecule has 1 amide bonds. The lowest BCUT2D eigenvalue weighted by Gasteiger charge is -2.12. The minimum atomic E-state index is -0.323. The van der Waals surface area contributed by atoms with Gasteiger partial charge >= 0.3 is 0 Å². The first-order valence-corrected chi connectivity index (χ1v) is 6.73. The van der Waals surface area contributed by atoms with Gasteiger partial charge in [0, 0.05) is 23.5 Å². The highest BCUT2D eigenvalue weighted by atomic mass is 16.5. The quantitative estimate of drug-likeness (QED) is 0.584. The lowest BCUT2D eigenvalue weighted by Crippen LogP contribution is -2.17. The Kier molecular flexibility index (Phi) is 9.23. The van der Waals surface area contributed by atoms with Gasteiger partial charge in [0.1, 0.15) is 0 Å². The number of hydrogen-bond acceptors (Lipinski definition) is 6. The molecule has 2 aromatic rings. The van der Waals surface area contributed by atoms with Crippen molar-refractivity contribution in [2.75, 3.05) is 21.3 Å². The van der Waals surface area contributed by atoms with Gasteiger partial charge in [0.15, 0.2) is 11.5 Å². The third kappa shape index (κ3) is 5.44. The van der Waals surface area contributed by atoms with Crippen molar-refractivity contribution in [1.29, 1.82) is 0 Å². The Morgan fingerprint density at radius 1 is 1.04 bits per heavy atom. The molecule has 0 aliphatic carbocycles. The fraction of sp³-hybridized carbons (Fsp3) is 0.188. The van der Waals surface area contributed by atoms with E-state index in [2.05, 4.69) is 15.5 Å². The van der Waals surface area contributed by atoms with E-state index >= 15 is 0 Å². The molecule has 0 spiro atoms. The summed E-state index contributed by atoms with van der Waals surface area (Å²) in [6, 6.07) is 6.65. The van der Waals surface area contributed by atoms with Crippen LogP contribution in [0.5, 0.6) is 17.2 Å². The number of aromatic nitrogens is 1. The number of amides is 1. The summed E-state index contributed by atoms with van der Waals surface area (Å²) in [5.41, 5.74) is 3.60. The maximum Gasteiger partial charge on any atom is 0.271 e. The Morgan fingerprint density at radius 3 is 2.08 bits per heavy atom. The standard InChI is InChI=1S/C16H17N3O4.2H2O/c1-21-13-8-11(9-14(22-2)15(13)23-3)10-18-19-16(20)12-4-6-17-7-5-12;;/h4-10H,1-3H3,(H,19,20);2*1H2/b18-10+;;. The van der Waals surface area contributed by atoms with E-state index in [0.29, 0.717) is 28.4 Å². The molecule has 0 fully saturated rings. The number of pyridine rings is 1. The fourth-order valence-electron chi connectivity index (χ4n) is 1.91. The van der Waals surface area contributed by atoms with E-state index in [9.17, 15) is 4.79 Å². The van der Waals surface area contributed by atoms with Crippen LogP contribution < -0.4 is 19.6 Å². The van der Waals surface area contributed by atoms with Crippen LogP contribution in [-0.2, 0) is 0 Å². The van der Waals surface area contributed by atoms with Crippen LogP contribution in [0.1, 0.15) is 15.9 Å². The number of carbonyl (C=O) groups is 1. The zero-order valence-electron chi connectivity index (χ0n) is 14.1. The molecule has 1 aromatic heterocycles. The van der Waals surface area contributed by atoms with E-state index in [0.717, 1.165) is 0 Å². The van der Waals surface area contributed by atoms with E-state index in [4.69, 9.17) is 14.2 Å². The fourth-order valence-corrected chi connectivity index (χ4v) is 1.91. The second-order valence-corrected chi connectivity index (χ2v) is 4.39. The van der Waals surface area contributed by atoms with Gasteiger partial charge < -0.3 is 25.2 Å². The smallest absolute Gasteiger partial charge is 0.271 e. The van der Waals surface area contributed by atoms with Crippen LogP contribution in [0.4, 0.5) is 0 Å². The first-order chi connectivity index (χ1) is 11.2. The van der Waals surface area contributed by atoms with Crippen molar-refractivity contribution in [1.82, 2.24) is 10.4 Å². The molecule has 9 heteroatoms. The molecule has 5 N–H and O–H groups in total. The Hall–Kier alpha value is -3.17. The number of hydrazone groups is 1. The molecule has 0 radical (unpaired) electrons. The second kappa shape index (κ2) is 10.6. The van der Waals surface area contributed by atoms with Crippen LogP contribution in [0.3, 0.4) is 0 Å². The van der Waals surface area contributed by atoms with E-state index in [1.807, 2.05) is 0 Å². The summed E-state index contributed by atoms with van der Waals surface area (Å²) in [5.74, 6) is 1.19. The molecule has 0 aliphatic heterocycles. The Bertz CT molecular complexity index is 681. The summed E-state index contributed by atoms with van der Waals surface area (Å²) in [6.45, 7) is 0. The van der Waals surface area contributed by atoms with Gasteiger partial charge in [-0.1, -0.05) is 0 Å². The third-order valence-corrected chi connectivity index (χ3v) is 3.01. The van der Waals surface area contributed by atoms with Crippen molar-refractivity contribution < 1.29 is 30.0 Å². The highest BCUT2D eigenvalue weighted by molar-refractivity contribution is 5.94. The van der Waals surface area contributed by atoms with Crippen molar-refractivity contribution in [3.63, 3.8) is 0 Å². The maximum atomic E-state index is 11.9. The molecule has 0 saturated heterocycles. The monoisotopic (exact) mass is 351 g/mol. The molecular weight excluding hydrogens is 330 g/mol. The lowest BCUT2D eigenvalue weighted by molar-refractivity contribution is 0.0955. The first kappa shape index (κ1) is 21.8. The molecule has 1 aromatic carbocycles. The molecule has 0 saturated carbocycles. The highest BCUT2D eigenvalue weighted by Crippen LogP contribution is 2.37. The number of nitrogens with one attached hydrogen (secondary N) is 1. The molecule has 25 heavy (non-hydrogen) atoms. The van der Waals surface area contributed by atoms with Crippen LogP contribution in [0, 0.1) is 0 Å². The summed E-state index contributed by atoms with van der Waals surface area (Å²) >= 11 is 0. The topological polar surface area (TPSA) is 145 Å². The van der Waals surface area contributed by atoms with Crippen LogP contribution in [0.25, 0.3) is 0 Å². The van der Waals surface area contributed by atoms with Crippen molar-refractivity contribution in [2.24, 2.45) is 5.10 Å². The molecule has 0 aliphatic rings. The van der Waals surface area contributed by atoms with Crippen LogP contribution in [0.15, 0.2) is 41.8 Å². The summed E-state index contributed by atoms with van der Waals surface area (Å²) in [7, 11) is 4.59. The zero-order valence-corrected chi connectivity index (χ0v) is 14.1. The normalized spacial score (nSPS) is 9.56. The van der Waals surface area contributed by atoms with Crippen molar-refractivity contribution in [3.8, 4) is 17.2 Å².